The van der Waals surface area contributed by atoms with Gasteiger partial charge in [-0.15, -0.1) is 10.2 Å². The number of anilines is 3. The number of benzene rings is 5. The van der Waals surface area contributed by atoms with Crippen LogP contribution in [0.25, 0.3) is 0 Å². The van der Waals surface area contributed by atoms with Crippen LogP contribution < -0.4 is 16.9 Å². The summed E-state index contributed by atoms with van der Waals surface area (Å²) in [5.74, 6) is -1.89. The minimum Gasteiger partial charge on any atom is -0.478 e. The number of nitrogens with two attached hydrogens (primary N) is 2. The molecule has 0 bridgehead atoms. The van der Waals surface area contributed by atoms with E-state index in [2.05, 4.69) is 41.2 Å². The number of nitrogen functional groups attached to an aromatic ring is 2. The van der Waals surface area contributed by atoms with E-state index >= 15 is 0 Å². The van der Waals surface area contributed by atoms with E-state index in [1.807, 2.05) is 48.5 Å². The molecular formula is C38H30N10O6S2. The Bertz CT molecular complexity index is 2600. The number of nitrogens with zero attached hydrogens (tertiary/aromatic N) is 7. The molecule has 6 rings (SSSR count). The lowest BCUT2D eigenvalue weighted by atomic mass is 10.0. The molecule has 0 amide bonds. The topological polar surface area (TPSA) is 259 Å². The lowest BCUT2D eigenvalue weighted by molar-refractivity contribution is -0.134. The summed E-state index contributed by atoms with van der Waals surface area (Å²) in [4.78, 5) is 24.6. The number of carbonyl (C=O) groups excluding carboxylic acids is 1. The number of ketones is 1. The molecule has 18 heteroatoms. The van der Waals surface area contributed by atoms with Crippen molar-refractivity contribution < 1.29 is 27.7 Å². The van der Waals surface area contributed by atoms with Crippen LogP contribution in [0.4, 0.5) is 51.2 Å². The van der Waals surface area contributed by atoms with Crippen molar-refractivity contribution in [1.29, 1.82) is 0 Å². The van der Waals surface area contributed by atoms with E-state index in [0.29, 0.717) is 51.1 Å². The number of hydrogen-bond acceptors (Lipinski definition) is 15. The summed E-state index contributed by atoms with van der Waals surface area (Å²) >= 11 is 1.53. The van der Waals surface area contributed by atoms with Crippen molar-refractivity contribution in [3.63, 3.8) is 0 Å². The number of carboxylic acid groups (broad SMARTS) is 1. The molecule has 7 N–H and O–H groups in total. The second kappa shape index (κ2) is 16.9. The second-order valence-corrected chi connectivity index (χ2v) is 14.4. The fraction of sp³-hybridized carbons (Fsp3) is 0.0263. The van der Waals surface area contributed by atoms with Crippen molar-refractivity contribution in [1.82, 2.24) is 0 Å². The summed E-state index contributed by atoms with van der Waals surface area (Å²) in [6, 6.07) is 28.6. The van der Waals surface area contributed by atoms with Gasteiger partial charge in [0.25, 0.3) is 10.1 Å². The predicted octanol–water partition coefficient (Wildman–Crippen LogP) is 9.72. The third kappa shape index (κ3) is 9.88. The van der Waals surface area contributed by atoms with Gasteiger partial charge in [-0.3, -0.25) is 14.8 Å². The normalized spacial score (nSPS) is 13.9. The highest BCUT2D eigenvalue weighted by Crippen LogP contribution is 2.41. The summed E-state index contributed by atoms with van der Waals surface area (Å²) < 4.78 is 31.5. The highest BCUT2D eigenvalue weighted by Gasteiger charge is 2.19. The Hall–Kier alpha value is -7.15. The zero-order valence-electron chi connectivity index (χ0n) is 29.2. The number of carboxylic acids is 1. The number of hydrogen-bond donors (Lipinski definition) is 5. The van der Waals surface area contributed by atoms with E-state index in [0.717, 1.165) is 9.79 Å². The largest absolute Gasteiger partial charge is 0.478 e. The van der Waals surface area contributed by atoms with Gasteiger partial charge in [0.2, 0.25) is 0 Å². The van der Waals surface area contributed by atoms with E-state index < -0.39 is 21.9 Å². The second-order valence-electron chi connectivity index (χ2n) is 11.8. The number of aryl methyl sites for hydroxylation is 1. The SMILES string of the molecule is Cc1cc(N=Nc2ccc(Sc3ccc(NN=C4C=CC(=O)C(C(=O)O)=C4)cc3)cc2)c(N)c(N=Nc2ccc(N=Nc3ccc(S(=O)(=O)O)cc3)cc2)c1N. The first kappa shape index (κ1) is 38.6. The first-order valence-corrected chi connectivity index (χ1v) is 18.6. The average Bonchev–Trinajstić information content (AvgIpc) is 3.19. The van der Waals surface area contributed by atoms with Crippen molar-refractivity contribution >= 4 is 90.5 Å². The van der Waals surface area contributed by atoms with Gasteiger partial charge in [0, 0.05) is 9.79 Å². The summed E-state index contributed by atoms with van der Waals surface area (Å²) in [5.41, 5.74) is 20.1. The molecule has 5 aromatic carbocycles. The van der Waals surface area contributed by atoms with Crippen LogP contribution in [-0.4, -0.2) is 35.5 Å². The molecule has 1 aliphatic rings. The third-order valence-corrected chi connectivity index (χ3v) is 9.69. The van der Waals surface area contributed by atoms with Crippen LogP contribution in [0.1, 0.15) is 5.56 Å². The standard InChI is InChI=1S/C38H30N10O6S2/c1-22-20-33(36(40)37(35(22)39)48-45-24-4-2-23(3-5-24)41-42-27-10-17-31(18-11-27)56(52,53)54)47-44-26-8-15-30(16-9-26)55-29-13-6-25(7-14-29)43-46-28-12-19-34(49)32(21-28)38(50)51/h2-21,43H,39-40H2,1H3,(H,50,51)(H,52,53,54). The minimum absolute atomic E-state index is 0.203. The van der Waals surface area contributed by atoms with Gasteiger partial charge < -0.3 is 16.6 Å². The maximum absolute atomic E-state index is 11.7. The first-order valence-electron chi connectivity index (χ1n) is 16.3. The Morgan fingerprint density at radius 3 is 1.75 bits per heavy atom. The van der Waals surface area contributed by atoms with Gasteiger partial charge in [-0.2, -0.15) is 34.0 Å². The van der Waals surface area contributed by atoms with Crippen LogP contribution in [0.2, 0.25) is 0 Å². The molecule has 5 aromatic rings. The van der Waals surface area contributed by atoms with E-state index in [-0.39, 0.29) is 21.8 Å². The van der Waals surface area contributed by atoms with Gasteiger partial charge in [-0.05, 0) is 134 Å². The zero-order chi connectivity index (χ0) is 39.8. The lowest BCUT2D eigenvalue weighted by Gasteiger charge is -2.09. The Morgan fingerprint density at radius 2 is 1.20 bits per heavy atom. The van der Waals surface area contributed by atoms with E-state index in [9.17, 15) is 18.0 Å². The van der Waals surface area contributed by atoms with Gasteiger partial charge >= 0.3 is 5.97 Å². The maximum Gasteiger partial charge on any atom is 0.339 e. The van der Waals surface area contributed by atoms with Gasteiger partial charge in [-0.1, -0.05) is 11.8 Å². The minimum atomic E-state index is -4.29. The lowest BCUT2D eigenvalue weighted by Crippen LogP contribution is -2.15. The highest BCUT2D eigenvalue weighted by atomic mass is 32.2. The number of hydrazone groups is 1. The molecule has 0 saturated carbocycles. The summed E-state index contributed by atoms with van der Waals surface area (Å²) in [6.45, 7) is 1.80. The van der Waals surface area contributed by atoms with Crippen molar-refractivity contribution in [2.45, 2.75) is 21.6 Å². The fourth-order valence-corrected chi connectivity index (χ4v) is 6.10. The molecule has 1 aliphatic carbocycles. The van der Waals surface area contributed by atoms with Crippen molar-refractivity contribution in [2.75, 3.05) is 16.9 Å². The van der Waals surface area contributed by atoms with E-state index in [4.69, 9.17) is 21.1 Å². The molecule has 0 heterocycles. The van der Waals surface area contributed by atoms with Crippen LogP contribution in [0.3, 0.4) is 0 Å². The maximum atomic E-state index is 11.7. The average molecular weight is 787 g/mol. The molecule has 0 atom stereocenters. The number of allylic oxidation sites excluding steroid dienone is 3. The molecule has 0 fully saturated rings. The van der Waals surface area contributed by atoms with Crippen molar-refractivity contribution in [3.05, 3.63) is 132 Å². The molecule has 0 aromatic heterocycles. The molecule has 0 saturated heterocycles. The Balaban J connectivity index is 1.06. The Kier molecular flexibility index (Phi) is 11.6. The molecule has 16 nitrogen and oxygen atoms in total. The van der Waals surface area contributed by atoms with Gasteiger partial charge in [0.05, 0.1) is 50.4 Å². The van der Waals surface area contributed by atoms with Gasteiger partial charge in [-0.25, -0.2) is 4.79 Å². The zero-order valence-corrected chi connectivity index (χ0v) is 30.8. The third-order valence-electron chi connectivity index (χ3n) is 7.80. The molecular weight excluding hydrogens is 757 g/mol. The number of azo groups is 3. The summed E-state index contributed by atoms with van der Waals surface area (Å²) in [5, 5.41) is 38.8. The van der Waals surface area contributed by atoms with Crippen LogP contribution in [0.5, 0.6) is 0 Å². The quantitative estimate of drug-likeness (QED) is 0.0200. The highest BCUT2D eigenvalue weighted by molar-refractivity contribution is 7.99. The Labute approximate surface area is 323 Å². The monoisotopic (exact) mass is 786 g/mol. The fourth-order valence-electron chi connectivity index (χ4n) is 4.81. The number of rotatable bonds is 12. The molecule has 56 heavy (non-hydrogen) atoms. The summed E-state index contributed by atoms with van der Waals surface area (Å²) in [6.07, 6.45) is 3.83. The van der Waals surface area contributed by atoms with Crippen LogP contribution in [0, 0.1) is 6.92 Å². The van der Waals surface area contributed by atoms with E-state index in [1.54, 1.807) is 37.3 Å². The smallest absolute Gasteiger partial charge is 0.339 e. The van der Waals surface area contributed by atoms with Crippen molar-refractivity contribution in [3.8, 4) is 0 Å². The van der Waals surface area contributed by atoms with Crippen LogP contribution in [-0.2, 0) is 19.7 Å². The van der Waals surface area contributed by atoms with Crippen molar-refractivity contribution in [2.24, 2.45) is 35.8 Å². The molecule has 0 spiro atoms. The van der Waals surface area contributed by atoms with Crippen LogP contribution in [0.15, 0.2) is 177 Å². The van der Waals surface area contributed by atoms with Gasteiger partial charge in [0.15, 0.2) is 5.78 Å². The number of nitrogens with one attached hydrogen (secondary N) is 1. The van der Waals surface area contributed by atoms with E-state index in [1.165, 1.54) is 54.3 Å². The van der Waals surface area contributed by atoms with Crippen LogP contribution >= 0.6 is 11.8 Å². The number of aliphatic carboxylic acids is 1. The molecule has 0 unspecified atom stereocenters. The molecule has 0 radical (unpaired) electrons. The molecule has 280 valence electrons. The first-order chi connectivity index (χ1) is 26.8. The number of carbonyl (C=O) groups is 2. The predicted molar refractivity (Wildman–Crippen MR) is 213 cm³/mol. The summed E-state index contributed by atoms with van der Waals surface area (Å²) in [7, 11) is -4.29. The van der Waals surface area contributed by atoms with Gasteiger partial charge in [0.1, 0.15) is 16.9 Å². The Morgan fingerprint density at radius 1 is 0.696 bits per heavy atom. The molecule has 0 aliphatic heterocycles.